The smallest absolute Gasteiger partial charge is 0.175 e. The molecule has 0 aliphatic heterocycles. The number of aromatic nitrogens is 2. The average Bonchev–Trinajstić information content (AvgIpc) is 2.55. The number of benzene rings is 1. The van der Waals surface area contributed by atoms with Gasteiger partial charge >= 0.3 is 0 Å². The molecule has 24 heavy (non-hydrogen) atoms. The Bertz CT molecular complexity index is 983. The Labute approximate surface area is 146 Å². The molecule has 1 aromatic carbocycles. The standard InChI is InChI=1S/C18H15ClN2O2S/c1-12-3-4-14(11-21-12)16-9-10-20-18(19)17(16)13-5-7-15(8-6-13)24(2,22)23/h3-11H,1-2H3. The van der Waals surface area contributed by atoms with Crippen molar-refractivity contribution in [3.05, 3.63) is 65.7 Å². The quantitative estimate of drug-likeness (QED) is 0.659. The van der Waals surface area contributed by atoms with Gasteiger partial charge in [0.25, 0.3) is 0 Å². The van der Waals surface area contributed by atoms with Crippen LogP contribution in [0.15, 0.2) is 59.8 Å². The van der Waals surface area contributed by atoms with Crippen LogP contribution in [-0.4, -0.2) is 24.6 Å². The molecule has 3 aromatic rings. The monoisotopic (exact) mass is 358 g/mol. The molecule has 0 fully saturated rings. The number of aryl methyl sites for hydroxylation is 1. The summed E-state index contributed by atoms with van der Waals surface area (Å²) in [5, 5.41) is 0.361. The van der Waals surface area contributed by atoms with Gasteiger partial charge in [0.2, 0.25) is 0 Å². The molecule has 0 amide bonds. The molecule has 6 heteroatoms. The van der Waals surface area contributed by atoms with Gasteiger partial charge in [0.15, 0.2) is 9.84 Å². The molecule has 0 saturated heterocycles. The fourth-order valence-electron chi connectivity index (χ4n) is 2.45. The van der Waals surface area contributed by atoms with Gasteiger partial charge in [0, 0.05) is 35.5 Å². The Morgan fingerprint density at radius 2 is 1.58 bits per heavy atom. The van der Waals surface area contributed by atoms with Gasteiger partial charge < -0.3 is 0 Å². The molecule has 0 spiro atoms. The summed E-state index contributed by atoms with van der Waals surface area (Å²) in [5.74, 6) is 0. The highest BCUT2D eigenvalue weighted by atomic mass is 35.5. The maximum absolute atomic E-state index is 11.6. The van der Waals surface area contributed by atoms with Crippen molar-refractivity contribution >= 4 is 21.4 Å². The molecule has 0 radical (unpaired) electrons. The van der Waals surface area contributed by atoms with Crippen LogP contribution in [0.1, 0.15) is 5.69 Å². The minimum absolute atomic E-state index is 0.268. The summed E-state index contributed by atoms with van der Waals surface area (Å²) in [4.78, 5) is 8.75. The lowest BCUT2D eigenvalue weighted by molar-refractivity contribution is 0.602. The van der Waals surface area contributed by atoms with Crippen LogP contribution in [0.25, 0.3) is 22.3 Å². The third-order valence-corrected chi connectivity index (χ3v) is 5.11. The lowest BCUT2D eigenvalue weighted by Gasteiger charge is -2.12. The molecular weight excluding hydrogens is 344 g/mol. The zero-order valence-corrected chi connectivity index (χ0v) is 14.8. The molecule has 0 aliphatic rings. The fraction of sp³-hybridized carbons (Fsp3) is 0.111. The summed E-state index contributed by atoms with van der Waals surface area (Å²) in [6, 6.07) is 12.4. The normalized spacial score (nSPS) is 11.5. The highest BCUT2D eigenvalue weighted by Gasteiger charge is 2.14. The van der Waals surface area contributed by atoms with E-state index >= 15 is 0 Å². The van der Waals surface area contributed by atoms with Crippen LogP contribution in [0, 0.1) is 6.92 Å². The lowest BCUT2D eigenvalue weighted by Crippen LogP contribution is -1.97. The first-order valence-electron chi connectivity index (χ1n) is 7.24. The number of nitrogens with zero attached hydrogens (tertiary/aromatic N) is 2. The minimum Gasteiger partial charge on any atom is -0.261 e. The summed E-state index contributed by atoms with van der Waals surface area (Å²) < 4.78 is 23.2. The summed E-state index contributed by atoms with van der Waals surface area (Å²) in [6.07, 6.45) is 4.61. The van der Waals surface area contributed by atoms with Gasteiger partial charge in [-0.15, -0.1) is 0 Å². The first-order valence-corrected chi connectivity index (χ1v) is 9.51. The maximum atomic E-state index is 11.6. The molecule has 0 atom stereocenters. The summed E-state index contributed by atoms with van der Waals surface area (Å²) >= 11 is 6.33. The van der Waals surface area contributed by atoms with Gasteiger partial charge in [0.05, 0.1) is 4.90 Å². The Balaban J connectivity index is 2.16. The molecule has 122 valence electrons. The third-order valence-electron chi connectivity index (χ3n) is 3.70. The van der Waals surface area contributed by atoms with Gasteiger partial charge in [-0.2, -0.15) is 0 Å². The van der Waals surface area contributed by atoms with Crippen LogP contribution >= 0.6 is 11.6 Å². The predicted molar refractivity (Wildman–Crippen MR) is 95.8 cm³/mol. The molecule has 0 bridgehead atoms. The van der Waals surface area contributed by atoms with Gasteiger partial charge in [-0.05, 0) is 42.3 Å². The fourth-order valence-corrected chi connectivity index (χ4v) is 3.35. The number of sulfone groups is 1. The SMILES string of the molecule is Cc1ccc(-c2ccnc(Cl)c2-c2ccc(S(C)(=O)=O)cc2)cn1. The Morgan fingerprint density at radius 1 is 0.917 bits per heavy atom. The van der Waals surface area contributed by atoms with Crippen molar-refractivity contribution in [3.8, 4) is 22.3 Å². The second kappa shape index (κ2) is 6.34. The zero-order valence-electron chi connectivity index (χ0n) is 13.2. The number of pyridine rings is 2. The van der Waals surface area contributed by atoms with Crippen molar-refractivity contribution in [2.75, 3.05) is 6.26 Å². The number of hydrogen-bond donors (Lipinski definition) is 0. The van der Waals surface area contributed by atoms with E-state index in [9.17, 15) is 8.42 Å². The Morgan fingerprint density at radius 3 is 2.17 bits per heavy atom. The molecule has 0 N–H and O–H groups in total. The van der Waals surface area contributed by atoms with E-state index in [0.717, 1.165) is 27.9 Å². The van der Waals surface area contributed by atoms with Crippen molar-refractivity contribution in [1.29, 1.82) is 0 Å². The molecule has 2 heterocycles. The molecular formula is C18H15ClN2O2S. The van der Waals surface area contributed by atoms with Gasteiger partial charge in [-0.3, -0.25) is 4.98 Å². The molecule has 0 aliphatic carbocycles. The largest absolute Gasteiger partial charge is 0.261 e. The van der Waals surface area contributed by atoms with E-state index in [4.69, 9.17) is 11.6 Å². The average molecular weight is 359 g/mol. The third kappa shape index (κ3) is 3.32. The van der Waals surface area contributed by atoms with E-state index in [1.165, 1.54) is 6.26 Å². The first-order chi connectivity index (χ1) is 11.4. The number of hydrogen-bond acceptors (Lipinski definition) is 4. The topological polar surface area (TPSA) is 59.9 Å². The van der Waals surface area contributed by atoms with Gasteiger partial charge in [0.1, 0.15) is 5.15 Å². The highest BCUT2D eigenvalue weighted by Crippen LogP contribution is 2.36. The summed E-state index contributed by atoms with van der Waals surface area (Å²) in [7, 11) is -3.24. The van der Waals surface area contributed by atoms with Crippen LogP contribution in [0.3, 0.4) is 0 Å². The Kier molecular flexibility index (Phi) is 4.39. The second-order valence-electron chi connectivity index (χ2n) is 5.51. The predicted octanol–water partition coefficient (Wildman–Crippen LogP) is 4.18. The molecule has 0 unspecified atom stereocenters. The first kappa shape index (κ1) is 16.6. The van der Waals surface area contributed by atoms with E-state index < -0.39 is 9.84 Å². The minimum atomic E-state index is -3.24. The van der Waals surface area contributed by atoms with Crippen LogP contribution in [0.4, 0.5) is 0 Å². The van der Waals surface area contributed by atoms with Crippen LogP contribution < -0.4 is 0 Å². The molecule has 4 nitrogen and oxygen atoms in total. The molecule has 2 aromatic heterocycles. The van der Waals surface area contributed by atoms with E-state index in [2.05, 4.69) is 9.97 Å². The highest BCUT2D eigenvalue weighted by molar-refractivity contribution is 7.90. The van der Waals surface area contributed by atoms with E-state index in [-0.39, 0.29) is 4.90 Å². The summed E-state index contributed by atoms with van der Waals surface area (Å²) in [5.41, 5.74) is 4.31. The second-order valence-corrected chi connectivity index (χ2v) is 7.88. The molecule has 3 rings (SSSR count). The maximum Gasteiger partial charge on any atom is 0.175 e. The van der Waals surface area contributed by atoms with Gasteiger partial charge in [-0.1, -0.05) is 29.8 Å². The van der Waals surface area contributed by atoms with Crippen molar-refractivity contribution in [1.82, 2.24) is 9.97 Å². The van der Waals surface area contributed by atoms with Crippen molar-refractivity contribution in [2.45, 2.75) is 11.8 Å². The zero-order chi connectivity index (χ0) is 17.3. The van der Waals surface area contributed by atoms with E-state index in [1.807, 2.05) is 25.1 Å². The van der Waals surface area contributed by atoms with E-state index in [1.54, 1.807) is 36.7 Å². The van der Waals surface area contributed by atoms with Crippen molar-refractivity contribution < 1.29 is 8.42 Å². The summed E-state index contributed by atoms with van der Waals surface area (Å²) in [6.45, 7) is 1.92. The lowest BCUT2D eigenvalue weighted by atomic mass is 9.97. The van der Waals surface area contributed by atoms with Gasteiger partial charge in [-0.25, -0.2) is 13.4 Å². The van der Waals surface area contributed by atoms with E-state index in [0.29, 0.717) is 5.15 Å². The van der Waals surface area contributed by atoms with Crippen LogP contribution in [-0.2, 0) is 9.84 Å². The van der Waals surface area contributed by atoms with Crippen LogP contribution in [0.2, 0.25) is 5.15 Å². The van der Waals surface area contributed by atoms with Crippen LogP contribution in [0.5, 0.6) is 0 Å². The van der Waals surface area contributed by atoms with Crippen molar-refractivity contribution in [3.63, 3.8) is 0 Å². The number of halogens is 1. The Hall–Kier alpha value is -2.24. The van der Waals surface area contributed by atoms with Crippen molar-refractivity contribution in [2.24, 2.45) is 0 Å². The molecule has 0 saturated carbocycles. The number of rotatable bonds is 3.